The number of aliphatic carboxylic acids is 1. The number of nitrogens with zero attached hydrogens (tertiary/aromatic N) is 1. The van der Waals surface area contributed by atoms with Gasteiger partial charge in [0, 0.05) is 11.8 Å². The molecular formula is C17H8F14N2O4. The van der Waals surface area contributed by atoms with Gasteiger partial charge >= 0.3 is 48.2 Å². The highest BCUT2D eigenvalue weighted by Crippen LogP contribution is 2.63. The summed E-state index contributed by atoms with van der Waals surface area (Å²) in [5.74, 6) is -20.3. The van der Waals surface area contributed by atoms with E-state index < -0.39 is 64.7 Å². The zero-order chi connectivity index (χ0) is 29.0. The Morgan fingerprint density at radius 3 is 1.65 bits per heavy atom. The zero-order valence-corrected chi connectivity index (χ0v) is 16.9. The van der Waals surface area contributed by atoms with Gasteiger partial charge in [0.25, 0.3) is 5.91 Å². The number of carbonyl (C=O) groups excluding carboxylic acids is 1. The Kier molecular flexibility index (Phi) is 7.07. The molecule has 1 aliphatic heterocycles. The fourth-order valence-electron chi connectivity index (χ4n) is 2.76. The number of carboxylic acids is 1. The van der Waals surface area contributed by atoms with Crippen LogP contribution in [0.1, 0.15) is 5.56 Å². The molecule has 2 rings (SSSR count). The number of halogens is 14. The molecule has 0 saturated carbocycles. The van der Waals surface area contributed by atoms with Gasteiger partial charge in [0.1, 0.15) is 0 Å². The zero-order valence-electron chi connectivity index (χ0n) is 16.9. The molecule has 37 heavy (non-hydrogen) atoms. The monoisotopic (exact) mass is 570 g/mol. The highest BCUT2D eigenvalue weighted by molar-refractivity contribution is 5.97. The van der Waals surface area contributed by atoms with E-state index in [1.54, 1.807) is 0 Å². The van der Waals surface area contributed by atoms with Crippen LogP contribution in [0.5, 0.6) is 0 Å². The maximum atomic E-state index is 14.9. The molecule has 1 aromatic rings. The maximum absolute atomic E-state index is 14.9. The quantitative estimate of drug-likeness (QED) is 0.276. The summed E-state index contributed by atoms with van der Waals surface area (Å²) < 4.78 is 195. The number of benzene rings is 1. The highest BCUT2D eigenvalue weighted by atomic mass is 19.4. The molecule has 208 valence electrons. The lowest BCUT2D eigenvalue weighted by Crippen LogP contribution is -2.84. The van der Waals surface area contributed by atoms with Crippen molar-refractivity contribution in [2.45, 2.75) is 42.2 Å². The molecule has 1 saturated heterocycles. The van der Waals surface area contributed by atoms with Crippen LogP contribution in [-0.4, -0.2) is 64.1 Å². The molecule has 1 aromatic carbocycles. The number of amides is 1. The summed E-state index contributed by atoms with van der Waals surface area (Å²) in [6, 6.07) is -12.4. The lowest BCUT2D eigenvalue weighted by Gasteiger charge is -2.52. The minimum atomic E-state index is -7.90. The van der Waals surface area contributed by atoms with E-state index in [-0.39, 0.29) is 5.56 Å². The van der Waals surface area contributed by atoms with Crippen molar-refractivity contribution in [3.8, 4) is 0 Å². The molecule has 2 N–H and O–H groups in total. The average Bonchev–Trinajstić information content (AvgIpc) is 2.70. The van der Waals surface area contributed by atoms with Crippen LogP contribution < -0.4 is 5.32 Å². The third-order valence-electron chi connectivity index (χ3n) is 4.49. The summed E-state index contributed by atoms with van der Waals surface area (Å²) in [6.07, 6.45) is -20.7. The van der Waals surface area contributed by atoms with E-state index >= 15 is 0 Å². The summed E-state index contributed by atoms with van der Waals surface area (Å²) >= 11 is 0. The van der Waals surface area contributed by atoms with Gasteiger partial charge in [-0.1, -0.05) is 12.1 Å². The number of morpholine rings is 1. The number of alkyl halides is 14. The first-order valence-corrected chi connectivity index (χ1v) is 8.84. The Morgan fingerprint density at radius 1 is 0.838 bits per heavy atom. The van der Waals surface area contributed by atoms with Crippen molar-refractivity contribution < 1.29 is 80.9 Å². The van der Waals surface area contributed by atoms with Crippen LogP contribution in [0.15, 0.2) is 30.3 Å². The molecular weight excluding hydrogens is 562 g/mol. The Labute approximate surface area is 194 Å². The minimum Gasteiger partial charge on any atom is -0.478 e. The van der Waals surface area contributed by atoms with Crippen molar-refractivity contribution >= 4 is 23.6 Å². The molecule has 0 radical (unpaired) electrons. The van der Waals surface area contributed by atoms with Crippen LogP contribution >= 0.6 is 0 Å². The van der Waals surface area contributed by atoms with Crippen molar-refractivity contribution in [1.29, 1.82) is 0 Å². The van der Waals surface area contributed by atoms with E-state index in [4.69, 9.17) is 5.11 Å². The van der Waals surface area contributed by atoms with E-state index in [2.05, 4.69) is 0 Å². The van der Waals surface area contributed by atoms with E-state index in [1.807, 2.05) is 4.74 Å². The summed E-state index contributed by atoms with van der Waals surface area (Å²) in [5.41, 5.74) is -1.07. The predicted molar refractivity (Wildman–Crippen MR) is 89.3 cm³/mol. The lowest BCUT2D eigenvalue weighted by molar-refractivity contribution is -0.593. The summed E-state index contributed by atoms with van der Waals surface area (Å²) in [7, 11) is 0. The summed E-state index contributed by atoms with van der Waals surface area (Å²) in [5, 5.41) is 9.25. The lowest BCUT2D eigenvalue weighted by atomic mass is 10.00. The van der Waals surface area contributed by atoms with Gasteiger partial charge < -0.3 is 10.4 Å². The first kappa shape index (κ1) is 30.1. The summed E-state index contributed by atoms with van der Waals surface area (Å²) in [6.45, 7) is 0. The fourth-order valence-corrected chi connectivity index (χ4v) is 2.76. The molecule has 6 nitrogen and oxygen atoms in total. The molecule has 1 fully saturated rings. The molecule has 1 aliphatic rings. The van der Waals surface area contributed by atoms with Gasteiger partial charge in [-0.15, -0.1) is 4.90 Å². The molecule has 0 bridgehead atoms. The number of ether oxygens (including phenoxy) is 1. The van der Waals surface area contributed by atoms with Gasteiger partial charge in [-0.3, -0.25) is 4.79 Å². The maximum Gasteiger partial charge on any atom is 0.443 e. The predicted octanol–water partition coefficient (Wildman–Crippen LogP) is 5.29. The van der Waals surface area contributed by atoms with Gasteiger partial charge in [-0.2, -0.15) is 57.1 Å². The normalized spacial score (nSPS) is 22.9. The van der Waals surface area contributed by atoms with Crippen LogP contribution in [0.25, 0.3) is 6.08 Å². The number of carboxylic acid groups (broad SMARTS) is 1. The van der Waals surface area contributed by atoms with Crippen LogP contribution in [0.3, 0.4) is 0 Å². The van der Waals surface area contributed by atoms with Crippen molar-refractivity contribution in [3.63, 3.8) is 0 Å². The number of anilines is 1. The molecule has 1 heterocycles. The number of hydrogen-bond acceptors (Lipinski definition) is 4. The molecule has 1 atom stereocenters. The van der Waals surface area contributed by atoms with E-state index in [0.29, 0.717) is 18.2 Å². The van der Waals surface area contributed by atoms with Gasteiger partial charge in [0.2, 0.25) is 0 Å². The molecule has 1 amide bonds. The Hall–Kier alpha value is -3.16. The Balaban J connectivity index is 2.63. The minimum absolute atomic E-state index is 0.0562. The fraction of sp³-hybridized carbons (Fsp3) is 0.412. The SMILES string of the molecule is O=C(O)C=Cc1ccc(NC(=O)C(F)(F)C(F)(N2C(F)(F)C(F)(F)OC(F)(F)C2(F)F)C(F)(F)F)cc1. The molecule has 0 aliphatic carbocycles. The molecule has 0 spiro atoms. The topological polar surface area (TPSA) is 78.9 Å². The second-order valence-electron chi connectivity index (χ2n) is 7.00. The van der Waals surface area contributed by atoms with Crippen molar-refractivity contribution in [2.75, 3.05) is 5.32 Å². The average molecular weight is 570 g/mol. The smallest absolute Gasteiger partial charge is 0.443 e. The van der Waals surface area contributed by atoms with Gasteiger partial charge in [-0.05, 0) is 23.8 Å². The van der Waals surface area contributed by atoms with Crippen LogP contribution in [0, 0.1) is 0 Å². The van der Waals surface area contributed by atoms with Gasteiger partial charge in [-0.25, -0.2) is 13.9 Å². The Bertz CT molecular complexity index is 1060. The van der Waals surface area contributed by atoms with E-state index in [1.165, 1.54) is 0 Å². The highest BCUT2D eigenvalue weighted by Gasteiger charge is 2.94. The van der Waals surface area contributed by atoms with Gasteiger partial charge in [0.15, 0.2) is 0 Å². The second kappa shape index (κ2) is 8.71. The molecule has 20 heteroatoms. The largest absolute Gasteiger partial charge is 0.478 e. The number of nitrogens with one attached hydrogen (secondary N) is 1. The van der Waals surface area contributed by atoms with Crippen LogP contribution in [-0.2, 0) is 14.3 Å². The van der Waals surface area contributed by atoms with E-state index in [9.17, 15) is 71.1 Å². The number of rotatable bonds is 6. The Morgan fingerprint density at radius 2 is 1.27 bits per heavy atom. The third kappa shape index (κ3) is 4.66. The first-order valence-electron chi connectivity index (χ1n) is 8.84. The van der Waals surface area contributed by atoms with Crippen LogP contribution in [0.4, 0.5) is 67.2 Å². The number of carbonyl (C=O) groups is 2. The third-order valence-corrected chi connectivity index (χ3v) is 4.49. The standard InChI is InChI=1S/C17H8F14N2O4/c18-11(19,10(36)32-8-4-1-7(2-5-8)3-6-9(34)35)12(20,13(21,22)23)33-14(24,25)16(28,29)37-17(30,31)15(33,26)27/h1-6H,(H,32,36)(H,34,35). The summed E-state index contributed by atoms with van der Waals surface area (Å²) in [4.78, 5) is 18.1. The van der Waals surface area contributed by atoms with Crippen molar-refractivity contribution in [2.24, 2.45) is 0 Å². The van der Waals surface area contributed by atoms with E-state index in [0.717, 1.165) is 23.5 Å². The van der Waals surface area contributed by atoms with Crippen molar-refractivity contribution in [3.05, 3.63) is 35.9 Å². The van der Waals surface area contributed by atoms with Crippen molar-refractivity contribution in [1.82, 2.24) is 4.90 Å². The van der Waals surface area contributed by atoms with Crippen LogP contribution in [0.2, 0.25) is 0 Å². The number of hydrogen-bond donors (Lipinski definition) is 2. The molecule has 0 aromatic heterocycles. The van der Waals surface area contributed by atoms with Gasteiger partial charge in [0.05, 0.1) is 0 Å². The second-order valence-corrected chi connectivity index (χ2v) is 7.00. The molecule has 1 unspecified atom stereocenters. The first-order chi connectivity index (χ1) is 16.4.